The third-order valence-electron chi connectivity index (χ3n) is 2.92. The van der Waals surface area contributed by atoms with Crippen LogP contribution >= 0.6 is 15.9 Å². The maximum Gasteiger partial charge on any atom is 0.269 e. The summed E-state index contributed by atoms with van der Waals surface area (Å²) in [6.45, 7) is 0. The van der Waals surface area contributed by atoms with Gasteiger partial charge in [0.2, 0.25) is 5.91 Å². The van der Waals surface area contributed by atoms with Gasteiger partial charge in [-0.15, -0.1) is 0 Å². The molecule has 0 aliphatic carbocycles. The number of rotatable bonds is 4. The molecule has 2 aromatic rings. The van der Waals surface area contributed by atoms with Gasteiger partial charge in [-0.05, 0) is 42.0 Å². The molecule has 0 aliphatic heterocycles. The van der Waals surface area contributed by atoms with Crippen LogP contribution in [0.4, 0.5) is 0 Å². The summed E-state index contributed by atoms with van der Waals surface area (Å²) in [6, 6.07) is 14.0. The molecule has 2 N–H and O–H groups in total. The number of hydrogen-bond donors (Lipinski definition) is 2. The first-order valence-electron chi connectivity index (χ1n) is 6.56. The molecule has 0 saturated carbocycles. The topological polar surface area (TPSA) is 67.4 Å². The number of ether oxygens (including phenoxy) is 1. The van der Waals surface area contributed by atoms with E-state index in [1.165, 1.54) is 0 Å². The van der Waals surface area contributed by atoms with Crippen molar-refractivity contribution in [3.8, 4) is 5.75 Å². The van der Waals surface area contributed by atoms with E-state index >= 15 is 0 Å². The van der Waals surface area contributed by atoms with E-state index in [1.54, 1.807) is 43.5 Å². The summed E-state index contributed by atoms with van der Waals surface area (Å²) < 4.78 is 5.98. The Morgan fingerprint density at radius 2 is 1.82 bits per heavy atom. The van der Waals surface area contributed by atoms with E-state index in [0.717, 1.165) is 10.0 Å². The van der Waals surface area contributed by atoms with Crippen molar-refractivity contribution in [1.29, 1.82) is 0 Å². The van der Waals surface area contributed by atoms with E-state index < -0.39 is 0 Å². The van der Waals surface area contributed by atoms with Gasteiger partial charge >= 0.3 is 0 Å². The molecule has 0 spiro atoms. The summed E-state index contributed by atoms with van der Waals surface area (Å²) in [4.78, 5) is 23.7. The van der Waals surface area contributed by atoms with Crippen LogP contribution in [0.5, 0.6) is 5.75 Å². The van der Waals surface area contributed by atoms with Crippen molar-refractivity contribution in [2.24, 2.45) is 0 Å². The Hall–Kier alpha value is -2.34. The molecule has 0 unspecified atom stereocenters. The molecule has 5 nitrogen and oxygen atoms in total. The molecule has 2 aromatic carbocycles. The van der Waals surface area contributed by atoms with Crippen molar-refractivity contribution in [2.45, 2.75) is 6.42 Å². The average Bonchev–Trinajstić information content (AvgIpc) is 2.53. The molecule has 6 heteroatoms. The number of amides is 2. The zero-order valence-electron chi connectivity index (χ0n) is 11.9. The van der Waals surface area contributed by atoms with Gasteiger partial charge in [0.15, 0.2) is 0 Å². The van der Waals surface area contributed by atoms with Crippen molar-refractivity contribution in [3.05, 3.63) is 64.1 Å². The van der Waals surface area contributed by atoms with Gasteiger partial charge in [0, 0.05) is 10.0 Å². The fourth-order valence-corrected chi connectivity index (χ4v) is 2.08. The van der Waals surface area contributed by atoms with Crippen LogP contribution in [-0.4, -0.2) is 18.9 Å². The van der Waals surface area contributed by atoms with Crippen molar-refractivity contribution < 1.29 is 14.3 Å². The van der Waals surface area contributed by atoms with Gasteiger partial charge in [-0.25, -0.2) is 0 Å². The Bertz CT molecular complexity index is 671. The predicted octanol–water partition coefficient (Wildman–Crippen LogP) is 2.46. The predicted molar refractivity (Wildman–Crippen MR) is 86.4 cm³/mol. The Balaban J connectivity index is 1.87. The Labute approximate surface area is 136 Å². The number of methoxy groups -OCH3 is 1. The van der Waals surface area contributed by atoms with Gasteiger partial charge in [-0.2, -0.15) is 0 Å². The van der Waals surface area contributed by atoms with Gasteiger partial charge in [-0.1, -0.05) is 28.1 Å². The fraction of sp³-hybridized carbons (Fsp3) is 0.125. The van der Waals surface area contributed by atoms with Crippen molar-refractivity contribution >= 4 is 27.7 Å². The van der Waals surface area contributed by atoms with E-state index in [2.05, 4.69) is 26.8 Å². The fourth-order valence-electron chi connectivity index (χ4n) is 1.81. The van der Waals surface area contributed by atoms with E-state index in [-0.39, 0.29) is 18.2 Å². The van der Waals surface area contributed by atoms with Crippen LogP contribution in [0.25, 0.3) is 0 Å². The number of benzene rings is 2. The quantitative estimate of drug-likeness (QED) is 0.821. The minimum atomic E-state index is -0.369. The molecule has 0 heterocycles. The lowest BCUT2D eigenvalue weighted by Gasteiger charge is -2.08. The van der Waals surface area contributed by atoms with Crippen LogP contribution in [0.3, 0.4) is 0 Å². The number of carbonyl (C=O) groups excluding carboxylic acids is 2. The Morgan fingerprint density at radius 3 is 2.50 bits per heavy atom. The van der Waals surface area contributed by atoms with Gasteiger partial charge in [0.1, 0.15) is 5.75 Å². The van der Waals surface area contributed by atoms with Gasteiger partial charge in [0.25, 0.3) is 5.91 Å². The highest BCUT2D eigenvalue weighted by Gasteiger charge is 2.08. The van der Waals surface area contributed by atoms with Crippen LogP contribution in [0.2, 0.25) is 0 Å². The van der Waals surface area contributed by atoms with E-state index in [9.17, 15) is 9.59 Å². The molecule has 0 atom stereocenters. The normalized spacial score (nSPS) is 9.91. The van der Waals surface area contributed by atoms with Crippen LogP contribution in [0.1, 0.15) is 15.9 Å². The first-order valence-corrected chi connectivity index (χ1v) is 7.35. The van der Waals surface area contributed by atoms with Gasteiger partial charge < -0.3 is 4.74 Å². The number of nitrogens with one attached hydrogen (secondary N) is 2. The Kier molecular flexibility index (Phi) is 5.55. The molecule has 0 saturated heterocycles. The lowest BCUT2D eigenvalue weighted by Crippen LogP contribution is -2.42. The molecule has 2 rings (SSSR count). The van der Waals surface area contributed by atoms with Gasteiger partial charge in [-0.3, -0.25) is 20.4 Å². The highest BCUT2D eigenvalue weighted by Crippen LogP contribution is 2.13. The molecule has 0 bridgehead atoms. The highest BCUT2D eigenvalue weighted by atomic mass is 79.9. The SMILES string of the molecule is COc1cccc(CC(=O)NNC(=O)c2ccc(Br)cc2)c1. The highest BCUT2D eigenvalue weighted by molar-refractivity contribution is 9.10. The second-order valence-electron chi connectivity index (χ2n) is 4.54. The first kappa shape index (κ1) is 16.0. The summed E-state index contributed by atoms with van der Waals surface area (Å²) in [7, 11) is 1.57. The smallest absolute Gasteiger partial charge is 0.269 e. The summed E-state index contributed by atoms with van der Waals surface area (Å²) in [5.41, 5.74) is 6.04. The zero-order chi connectivity index (χ0) is 15.9. The molecule has 2 amide bonds. The van der Waals surface area contributed by atoms with Gasteiger partial charge in [0.05, 0.1) is 13.5 Å². The monoisotopic (exact) mass is 362 g/mol. The third-order valence-corrected chi connectivity index (χ3v) is 3.45. The van der Waals surface area contributed by atoms with Crippen LogP contribution in [-0.2, 0) is 11.2 Å². The maximum atomic E-state index is 11.9. The van der Waals surface area contributed by atoms with Crippen LogP contribution < -0.4 is 15.6 Å². The molecular formula is C16H15BrN2O3. The summed E-state index contributed by atoms with van der Waals surface area (Å²) in [5, 5.41) is 0. The summed E-state index contributed by atoms with van der Waals surface area (Å²) >= 11 is 3.29. The first-order chi connectivity index (χ1) is 10.6. The van der Waals surface area contributed by atoms with E-state index in [0.29, 0.717) is 11.3 Å². The van der Waals surface area contributed by atoms with Crippen molar-refractivity contribution in [1.82, 2.24) is 10.9 Å². The number of hydrogen-bond acceptors (Lipinski definition) is 3. The number of carbonyl (C=O) groups is 2. The summed E-state index contributed by atoms with van der Waals surface area (Å²) in [5.74, 6) is 0.00871. The lowest BCUT2D eigenvalue weighted by atomic mass is 10.1. The molecular weight excluding hydrogens is 348 g/mol. The van der Waals surface area contributed by atoms with Crippen molar-refractivity contribution in [3.63, 3.8) is 0 Å². The molecule has 0 aliphatic rings. The molecule has 114 valence electrons. The molecule has 0 fully saturated rings. The van der Waals surface area contributed by atoms with E-state index in [4.69, 9.17) is 4.74 Å². The maximum absolute atomic E-state index is 11.9. The summed E-state index contributed by atoms with van der Waals surface area (Å²) in [6.07, 6.45) is 0.151. The van der Waals surface area contributed by atoms with Crippen LogP contribution in [0.15, 0.2) is 53.0 Å². The zero-order valence-corrected chi connectivity index (χ0v) is 13.5. The Morgan fingerprint density at radius 1 is 1.09 bits per heavy atom. The largest absolute Gasteiger partial charge is 0.497 e. The van der Waals surface area contributed by atoms with E-state index in [1.807, 2.05) is 12.1 Å². The molecule has 0 aromatic heterocycles. The average molecular weight is 363 g/mol. The lowest BCUT2D eigenvalue weighted by molar-refractivity contribution is -0.121. The second kappa shape index (κ2) is 7.61. The third kappa shape index (κ3) is 4.60. The van der Waals surface area contributed by atoms with Crippen molar-refractivity contribution in [2.75, 3.05) is 7.11 Å². The number of halogens is 1. The number of hydrazine groups is 1. The minimum absolute atomic E-state index is 0.151. The second-order valence-corrected chi connectivity index (χ2v) is 5.45. The molecule has 0 radical (unpaired) electrons. The van der Waals surface area contributed by atoms with Crippen LogP contribution in [0, 0.1) is 0 Å². The minimum Gasteiger partial charge on any atom is -0.497 e. The molecule has 22 heavy (non-hydrogen) atoms. The standard InChI is InChI=1S/C16H15BrN2O3/c1-22-14-4-2-3-11(9-14)10-15(20)18-19-16(21)12-5-7-13(17)8-6-12/h2-9H,10H2,1H3,(H,18,20)(H,19,21).